The van der Waals surface area contributed by atoms with Gasteiger partial charge in [-0.05, 0) is 58.9 Å². The molecule has 0 unspecified atom stereocenters. The number of alkyl halides is 3. The van der Waals surface area contributed by atoms with Crippen LogP contribution in [0.25, 0.3) is 0 Å². The van der Waals surface area contributed by atoms with Gasteiger partial charge in [-0.1, -0.05) is 84.7 Å². The van der Waals surface area contributed by atoms with E-state index in [1.165, 1.54) is 6.07 Å². The van der Waals surface area contributed by atoms with Gasteiger partial charge in [-0.3, -0.25) is 4.79 Å². The molecule has 0 aromatic heterocycles. The van der Waals surface area contributed by atoms with E-state index in [1.54, 1.807) is 4.90 Å². The van der Waals surface area contributed by atoms with Gasteiger partial charge in [0.1, 0.15) is 0 Å². The maximum atomic E-state index is 13.4. The van der Waals surface area contributed by atoms with Crippen LogP contribution in [0.5, 0.6) is 0 Å². The summed E-state index contributed by atoms with van der Waals surface area (Å²) in [5.41, 5.74) is 2.04. The highest BCUT2D eigenvalue weighted by Crippen LogP contribution is 2.32. The lowest BCUT2D eigenvalue weighted by atomic mass is 9.87. The first-order valence-corrected chi connectivity index (χ1v) is 12.0. The minimum Gasteiger partial charge on any atom is -0.334 e. The third-order valence-corrected chi connectivity index (χ3v) is 6.22. The van der Waals surface area contributed by atoms with Gasteiger partial charge in [0.05, 0.1) is 5.56 Å². The first kappa shape index (κ1) is 26.3. The van der Waals surface area contributed by atoms with E-state index in [-0.39, 0.29) is 22.5 Å². The van der Waals surface area contributed by atoms with E-state index in [0.717, 1.165) is 33.3 Å². The quantitative estimate of drug-likeness (QED) is 0.301. The topological polar surface area (TPSA) is 20.3 Å². The maximum Gasteiger partial charge on any atom is 0.416 e. The Morgan fingerprint density at radius 1 is 0.912 bits per heavy atom. The van der Waals surface area contributed by atoms with Crippen LogP contribution in [-0.4, -0.2) is 17.4 Å². The van der Waals surface area contributed by atoms with Crippen molar-refractivity contribution in [2.45, 2.75) is 45.3 Å². The molecular weight excluding hydrogens is 527 g/mol. The van der Waals surface area contributed by atoms with Crippen LogP contribution in [-0.2, 0) is 24.6 Å². The molecule has 0 spiro atoms. The van der Waals surface area contributed by atoms with E-state index in [1.807, 2.05) is 48.5 Å². The second-order valence-corrected chi connectivity index (χ2v) is 10.6. The normalized spacial score (nSPS) is 12.0. The number of rotatable bonds is 6. The van der Waals surface area contributed by atoms with E-state index in [9.17, 15) is 18.0 Å². The molecule has 3 aromatic carbocycles. The van der Waals surface area contributed by atoms with E-state index in [2.05, 4.69) is 36.7 Å². The van der Waals surface area contributed by atoms with Crippen molar-refractivity contribution in [2.24, 2.45) is 0 Å². The summed E-state index contributed by atoms with van der Waals surface area (Å²) in [5, 5.41) is -0.125. The Morgan fingerprint density at radius 2 is 1.59 bits per heavy atom. The zero-order valence-electron chi connectivity index (χ0n) is 19.2. The van der Waals surface area contributed by atoms with Gasteiger partial charge in [0, 0.05) is 28.1 Å². The summed E-state index contributed by atoms with van der Waals surface area (Å²) in [6.45, 7) is 6.96. The summed E-state index contributed by atoms with van der Waals surface area (Å²) < 4.78 is 40.9. The van der Waals surface area contributed by atoms with Crippen molar-refractivity contribution in [2.75, 3.05) is 6.54 Å². The highest BCUT2D eigenvalue weighted by molar-refractivity contribution is 9.10. The minimum absolute atomic E-state index is 0.0104. The molecule has 0 radical (unpaired) electrons. The van der Waals surface area contributed by atoms with Gasteiger partial charge in [-0.15, -0.1) is 0 Å². The number of amides is 1. The molecule has 0 saturated carbocycles. The third kappa shape index (κ3) is 7.09. The Balaban J connectivity index is 1.90. The molecule has 0 bridgehead atoms. The van der Waals surface area contributed by atoms with Crippen molar-refractivity contribution in [3.8, 4) is 0 Å². The monoisotopic (exact) mass is 551 g/mol. The van der Waals surface area contributed by atoms with E-state index < -0.39 is 17.6 Å². The Hall–Kier alpha value is -2.31. The van der Waals surface area contributed by atoms with Crippen LogP contribution < -0.4 is 0 Å². The van der Waals surface area contributed by atoms with Gasteiger partial charge in [-0.25, -0.2) is 0 Å². The summed E-state index contributed by atoms with van der Waals surface area (Å²) in [7, 11) is 0. The lowest BCUT2D eigenvalue weighted by Crippen LogP contribution is -2.32. The first-order chi connectivity index (χ1) is 15.8. The lowest BCUT2D eigenvalue weighted by Gasteiger charge is -2.25. The van der Waals surface area contributed by atoms with Gasteiger partial charge in [-0.2, -0.15) is 13.2 Å². The molecule has 2 nitrogen and oxygen atoms in total. The van der Waals surface area contributed by atoms with Gasteiger partial charge >= 0.3 is 6.18 Å². The molecular formula is C27H26BrClF3NO. The number of carbonyl (C=O) groups excluding carboxylic acids is 1. The zero-order chi connectivity index (χ0) is 25.1. The molecule has 1 amide bonds. The number of hydrogen-bond acceptors (Lipinski definition) is 1. The number of benzene rings is 3. The molecule has 0 aliphatic heterocycles. The summed E-state index contributed by atoms with van der Waals surface area (Å²) in [5.74, 6) is -0.497. The number of halogens is 5. The fourth-order valence-corrected chi connectivity index (χ4v) is 4.28. The second-order valence-electron chi connectivity index (χ2n) is 9.28. The molecule has 0 fully saturated rings. The number of hydrogen-bond donors (Lipinski definition) is 0. The predicted octanol–water partition coefficient (Wildman–Crippen LogP) is 8.30. The van der Waals surface area contributed by atoms with E-state index >= 15 is 0 Å². The van der Waals surface area contributed by atoms with Crippen LogP contribution in [0, 0.1) is 0 Å². The van der Waals surface area contributed by atoms with Crippen LogP contribution in [0.3, 0.4) is 0 Å². The molecule has 7 heteroatoms. The zero-order valence-corrected chi connectivity index (χ0v) is 21.6. The van der Waals surface area contributed by atoms with Crippen molar-refractivity contribution >= 4 is 33.4 Å². The number of nitrogens with zero attached hydrogens (tertiary/aromatic N) is 1. The summed E-state index contributed by atoms with van der Waals surface area (Å²) in [4.78, 5) is 15.0. The summed E-state index contributed by atoms with van der Waals surface area (Å²) in [6, 6.07) is 18.7. The smallest absolute Gasteiger partial charge is 0.334 e. The average molecular weight is 553 g/mol. The second kappa shape index (κ2) is 10.5. The Bertz CT molecular complexity index is 1150. The fraction of sp³-hybridized carbons (Fsp3) is 0.296. The Morgan fingerprint density at radius 3 is 2.18 bits per heavy atom. The van der Waals surface area contributed by atoms with Crippen molar-refractivity contribution in [1.82, 2.24) is 4.90 Å². The van der Waals surface area contributed by atoms with Gasteiger partial charge in [0.25, 0.3) is 5.91 Å². The van der Waals surface area contributed by atoms with Gasteiger partial charge < -0.3 is 4.90 Å². The van der Waals surface area contributed by atoms with Gasteiger partial charge in [0.2, 0.25) is 0 Å². The number of carbonyl (C=O) groups is 1. The van der Waals surface area contributed by atoms with Crippen molar-refractivity contribution in [1.29, 1.82) is 0 Å². The lowest BCUT2D eigenvalue weighted by molar-refractivity contribution is -0.137. The molecule has 180 valence electrons. The first-order valence-electron chi connectivity index (χ1n) is 10.8. The van der Waals surface area contributed by atoms with Crippen molar-refractivity contribution < 1.29 is 18.0 Å². The van der Waals surface area contributed by atoms with Crippen LogP contribution in [0.2, 0.25) is 5.02 Å². The molecule has 0 atom stereocenters. The standard InChI is InChI=1S/C27H26BrClF3NO/c1-26(2,3)21-9-7-19(8-10-21)17-33(12-11-18-5-4-6-23(28)13-18)25(34)20-14-22(27(30,31)32)16-24(29)15-20/h4-10,13-16H,11-12,17H2,1-3H3. The van der Waals surface area contributed by atoms with Crippen molar-refractivity contribution in [3.63, 3.8) is 0 Å². The van der Waals surface area contributed by atoms with E-state index in [4.69, 9.17) is 11.6 Å². The molecule has 3 aromatic rings. The molecule has 3 rings (SSSR count). The minimum atomic E-state index is -4.59. The highest BCUT2D eigenvalue weighted by Gasteiger charge is 2.32. The maximum absolute atomic E-state index is 13.4. The highest BCUT2D eigenvalue weighted by atomic mass is 79.9. The Kier molecular flexibility index (Phi) is 8.14. The third-order valence-electron chi connectivity index (χ3n) is 5.51. The van der Waals surface area contributed by atoms with Crippen LogP contribution in [0.1, 0.15) is 53.4 Å². The van der Waals surface area contributed by atoms with Gasteiger partial charge in [0.15, 0.2) is 0 Å². The molecule has 0 aliphatic rings. The fourth-order valence-electron chi connectivity index (χ4n) is 3.60. The van der Waals surface area contributed by atoms with Crippen LogP contribution in [0.4, 0.5) is 13.2 Å². The molecule has 0 aliphatic carbocycles. The van der Waals surface area contributed by atoms with Crippen LogP contribution >= 0.6 is 27.5 Å². The Labute approximate surface area is 211 Å². The molecule has 0 heterocycles. The SMILES string of the molecule is CC(C)(C)c1ccc(CN(CCc2cccc(Br)c2)C(=O)c2cc(Cl)cc(C(F)(F)F)c2)cc1. The summed E-state index contributed by atoms with van der Waals surface area (Å²) >= 11 is 9.38. The molecule has 0 N–H and O–H groups in total. The average Bonchev–Trinajstić information content (AvgIpc) is 2.75. The van der Waals surface area contributed by atoms with Crippen LogP contribution in [0.15, 0.2) is 71.2 Å². The largest absolute Gasteiger partial charge is 0.416 e. The molecule has 34 heavy (non-hydrogen) atoms. The van der Waals surface area contributed by atoms with Crippen molar-refractivity contribution in [3.05, 3.63) is 104 Å². The molecule has 0 saturated heterocycles. The summed E-state index contributed by atoms with van der Waals surface area (Å²) in [6.07, 6.45) is -4.04. The van der Waals surface area contributed by atoms with E-state index in [0.29, 0.717) is 13.0 Å². The predicted molar refractivity (Wildman–Crippen MR) is 134 cm³/mol.